The standard InChI is InChI=1S/C20H27FN2O2/c1-3-23(14(2)15-8-10-18(21)11-9-15)20(25)17-5-4-12-22(13-17)19(24)16-6-7-16/h8-11,14,16-17H,3-7,12-13H2,1-2H3/t14-,17+/m0/s1. The van der Waals surface area contributed by atoms with Crippen molar-refractivity contribution in [2.45, 2.75) is 45.6 Å². The number of carbonyl (C=O) groups excluding carboxylic acids is 2. The number of nitrogens with zero attached hydrogens (tertiary/aromatic N) is 2. The van der Waals surface area contributed by atoms with E-state index in [0.29, 0.717) is 13.1 Å². The van der Waals surface area contributed by atoms with E-state index in [0.717, 1.165) is 37.8 Å². The van der Waals surface area contributed by atoms with E-state index < -0.39 is 0 Å². The van der Waals surface area contributed by atoms with Gasteiger partial charge in [-0.3, -0.25) is 9.59 Å². The van der Waals surface area contributed by atoms with E-state index in [1.807, 2.05) is 23.6 Å². The molecule has 2 fully saturated rings. The van der Waals surface area contributed by atoms with Gasteiger partial charge in [0.15, 0.2) is 0 Å². The number of likely N-dealkylation sites (tertiary alicyclic amines) is 1. The van der Waals surface area contributed by atoms with E-state index in [-0.39, 0.29) is 35.5 Å². The lowest BCUT2D eigenvalue weighted by Gasteiger charge is -2.37. The maximum atomic E-state index is 13.2. The van der Waals surface area contributed by atoms with Crippen LogP contribution in [0.1, 0.15) is 51.1 Å². The van der Waals surface area contributed by atoms with E-state index >= 15 is 0 Å². The quantitative estimate of drug-likeness (QED) is 0.820. The number of rotatable bonds is 5. The van der Waals surface area contributed by atoms with Crippen LogP contribution in [-0.4, -0.2) is 41.2 Å². The van der Waals surface area contributed by atoms with Gasteiger partial charge in [-0.25, -0.2) is 4.39 Å². The molecule has 0 aromatic heterocycles. The first-order valence-electron chi connectivity index (χ1n) is 9.36. The van der Waals surface area contributed by atoms with Crippen molar-refractivity contribution in [3.05, 3.63) is 35.6 Å². The van der Waals surface area contributed by atoms with Crippen LogP contribution in [0.4, 0.5) is 4.39 Å². The Bertz CT molecular complexity index is 627. The smallest absolute Gasteiger partial charge is 0.227 e. The van der Waals surface area contributed by atoms with Crippen LogP contribution in [0, 0.1) is 17.7 Å². The van der Waals surface area contributed by atoms with Crippen LogP contribution >= 0.6 is 0 Å². The summed E-state index contributed by atoms with van der Waals surface area (Å²) >= 11 is 0. The molecule has 3 rings (SSSR count). The lowest BCUT2D eigenvalue weighted by molar-refractivity contribution is -0.142. The third-order valence-corrected chi connectivity index (χ3v) is 5.45. The number of carbonyl (C=O) groups is 2. The zero-order valence-corrected chi connectivity index (χ0v) is 15.1. The molecule has 0 radical (unpaired) electrons. The number of benzene rings is 1. The van der Waals surface area contributed by atoms with Gasteiger partial charge in [0.05, 0.1) is 12.0 Å². The number of hydrogen-bond acceptors (Lipinski definition) is 2. The van der Waals surface area contributed by atoms with Crippen LogP contribution in [0.15, 0.2) is 24.3 Å². The van der Waals surface area contributed by atoms with Gasteiger partial charge in [-0.05, 0) is 57.2 Å². The first kappa shape index (κ1) is 17.9. The Labute approximate surface area is 149 Å². The molecular formula is C20H27FN2O2. The molecule has 2 amide bonds. The maximum Gasteiger partial charge on any atom is 0.227 e. The fourth-order valence-electron chi connectivity index (χ4n) is 3.74. The molecule has 1 aliphatic carbocycles. The molecule has 1 aromatic carbocycles. The van der Waals surface area contributed by atoms with Gasteiger partial charge in [-0.1, -0.05) is 12.1 Å². The van der Waals surface area contributed by atoms with Gasteiger partial charge < -0.3 is 9.80 Å². The molecule has 0 spiro atoms. The molecule has 1 saturated heterocycles. The van der Waals surface area contributed by atoms with Crippen LogP contribution in [0.3, 0.4) is 0 Å². The Morgan fingerprint density at radius 1 is 1.20 bits per heavy atom. The van der Waals surface area contributed by atoms with Crippen molar-refractivity contribution in [3.63, 3.8) is 0 Å². The topological polar surface area (TPSA) is 40.6 Å². The lowest BCUT2D eigenvalue weighted by Crippen LogP contribution is -2.47. The highest BCUT2D eigenvalue weighted by Crippen LogP contribution is 2.33. The molecular weight excluding hydrogens is 319 g/mol. The summed E-state index contributed by atoms with van der Waals surface area (Å²) in [5, 5.41) is 0. The highest BCUT2D eigenvalue weighted by atomic mass is 19.1. The highest BCUT2D eigenvalue weighted by Gasteiger charge is 2.38. The van der Waals surface area contributed by atoms with E-state index in [2.05, 4.69) is 0 Å². The van der Waals surface area contributed by atoms with E-state index in [4.69, 9.17) is 0 Å². The van der Waals surface area contributed by atoms with Crippen molar-refractivity contribution < 1.29 is 14.0 Å². The molecule has 0 N–H and O–H groups in total. The minimum Gasteiger partial charge on any atom is -0.342 e. The number of hydrogen-bond donors (Lipinski definition) is 0. The van der Waals surface area contributed by atoms with E-state index in [1.54, 1.807) is 12.1 Å². The molecule has 1 aliphatic heterocycles. The van der Waals surface area contributed by atoms with Gasteiger partial charge in [0.25, 0.3) is 0 Å². The summed E-state index contributed by atoms with van der Waals surface area (Å²) in [5.41, 5.74) is 0.929. The number of amides is 2. The fourth-order valence-corrected chi connectivity index (χ4v) is 3.74. The van der Waals surface area contributed by atoms with E-state index in [9.17, 15) is 14.0 Å². The lowest BCUT2D eigenvalue weighted by atomic mass is 9.94. The first-order chi connectivity index (χ1) is 12.0. The second kappa shape index (κ2) is 7.54. The Kier molecular flexibility index (Phi) is 5.40. The summed E-state index contributed by atoms with van der Waals surface area (Å²) in [7, 11) is 0. The Morgan fingerprint density at radius 2 is 1.88 bits per heavy atom. The normalized spacial score (nSPS) is 21.7. The second-order valence-electron chi connectivity index (χ2n) is 7.25. The van der Waals surface area contributed by atoms with Crippen LogP contribution in [0.25, 0.3) is 0 Å². The zero-order valence-electron chi connectivity index (χ0n) is 15.1. The van der Waals surface area contributed by atoms with Crippen molar-refractivity contribution >= 4 is 11.8 Å². The van der Waals surface area contributed by atoms with Crippen LogP contribution in [0.2, 0.25) is 0 Å². The van der Waals surface area contributed by atoms with E-state index in [1.165, 1.54) is 12.1 Å². The summed E-state index contributed by atoms with van der Waals surface area (Å²) in [4.78, 5) is 29.1. The molecule has 25 heavy (non-hydrogen) atoms. The minimum absolute atomic E-state index is 0.104. The number of piperidine rings is 1. The fraction of sp³-hybridized carbons (Fsp3) is 0.600. The average molecular weight is 346 g/mol. The predicted octanol–water partition coefficient (Wildman–Crippen LogP) is 3.38. The number of halogens is 1. The van der Waals surface area contributed by atoms with Crippen LogP contribution in [-0.2, 0) is 9.59 Å². The summed E-state index contributed by atoms with van der Waals surface area (Å²) in [6.07, 6.45) is 3.71. The molecule has 136 valence electrons. The summed E-state index contributed by atoms with van der Waals surface area (Å²) < 4.78 is 13.2. The summed E-state index contributed by atoms with van der Waals surface area (Å²) in [6.45, 7) is 5.86. The zero-order chi connectivity index (χ0) is 18.0. The van der Waals surface area contributed by atoms with Gasteiger partial charge in [0.1, 0.15) is 5.82 Å². The molecule has 1 aromatic rings. The molecule has 2 atom stereocenters. The summed E-state index contributed by atoms with van der Waals surface area (Å²) in [6, 6.07) is 6.23. The average Bonchev–Trinajstić information content (AvgIpc) is 3.47. The Balaban J connectivity index is 1.68. The molecule has 5 heteroatoms. The van der Waals surface area contributed by atoms with Crippen molar-refractivity contribution in [2.75, 3.05) is 19.6 Å². The van der Waals surface area contributed by atoms with Gasteiger partial charge in [0, 0.05) is 25.6 Å². The molecule has 0 unspecified atom stereocenters. The third-order valence-electron chi connectivity index (χ3n) is 5.45. The highest BCUT2D eigenvalue weighted by molar-refractivity contribution is 5.83. The second-order valence-corrected chi connectivity index (χ2v) is 7.25. The predicted molar refractivity (Wildman–Crippen MR) is 94.2 cm³/mol. The van der Waals surface area contributed by atoms with Gasteiger partial charge in [-0.2, -0.15) is 0 Å². The van der Waals surface area contributed by atoms with Crippen molar-refractivity contribution in [1.29, 1.82) is 0 Å². The first-order valence-corrected chi connectivity index (χ1v) is 9.36. The molecule has 0 bridgehead atoms. The van der Waals surface area contributed by atoms with Gasteiger partial charge >= 0.3 is 0 Å². The van der Waals surface area contributed by atoms with Crippen LogP contribution < -0.4 is 0 Å². The molecule has 4 nitrogen and oxygen atoms in total. The third kappa shape index (κ3) is 4.02. The van der Waals surface area contributed by atoms with Crippen molar-refractivity contribution in [3.8, 4) is 0 Å². The van der Waals surface area contributed by atoms with Gasteiger partial charge in [-0.15, -0.1) is 0 Å². The monoisotopic (exact) mass is 346 g/mol. The minimum atomic E-state index is -0.271. The van der Waals surface area contributed by atoms with Crippen molar-refractivity contribution in [2.24, 2.45) is 11.8 Å². The SMILES string of the molecule is CCN(C(=O)[C@@H]1CCCN(C(=O)C2CC2)C1)[C@@H](C)c1ccc(F)cc1. The maximum absolute atomic E-state index is 13.2. The molecule has 2 aliphatic rings. The van der Waals surface area contributed by atoms with Crippen molar-refractivity contribution in [1.82, 2.24) is 9.80 Å². The van der Waals surface area contributed by atoms with Crippen LogP contribution in [0.5, 0.6) is 0 Å². The molecule has 1 heterocycles. The Hall–Kier alpha value is -1.91. The van der Waals surface area contributed by atoms with Gasteiger partial charge in [0.2, 0.25) is 11.8 Å². The Morgan fingerprint density at radius 3 is 2.48 bits per heavy atom. The largest absolute Gasteiger partial charge is 0.342 e. The summed E-state index contributed by atoms with van der Waals surface area (Å²) in [5.74, 6) is 0.139. The molecule has 1 saturated carbocycles.